The Morgan fingerprint density at radius 3 is 2.54 bits per heavy atom. The third kappa shape index (κ3) is 6.18. The lowest BCUT2D eigenvalue weighted by molar-refractivity contribution is -0.419. The van der Waals surface area contributed by atoms with Gasteiger partial charge in [0.2, 0.25) is 0 Å². The summed E-state index contributed by atoms with van der Waals surface area (Å²) in [7, 11) is 0. The van der Waals surface area contributed by atoms with Crippen LogP contribution in [-0.4, -0.2) is 76.8 Å². The number of hydrogen-bond acceptors (Lipinski definition) is 10. The van der Waals surface area contributed by atoms with Gasteiger partial charge in [-0.25, -0.2) is 28.1 Å². The fourth-order valence-electron chi connectivity index (χ4n) is 4.47. The Balaban J connectivity index is 1.43. The van der Waals surface area contributed by atoms with Gasteiger partial charge in [0.25, 0.3) is 0 Å². The number of likely N-dealkylation sites (tertiary alicyclic amines) is 1. The number of nitrogens with one attached hydrogen (secondary N) is 1. The number of ether oxygens (including phenoxy) is 2. The summed E-state index contributed by atoms with van der Waals surface area (Å²) < 4.78 is 41.4. The fourth-order valence-corrected chi connectivity index (χ4v) is 4.47. The van der Waals surface area contributed by atoms with Gasteiger partial charge < -0.3 is 35.0 Å². The SMILES string of the molecule is CC(C)(C)OC(=O)N1CCCC(Nc2nc(-c3cnc4cc(OC(O)(O)O)c(C5CC5)nn34)c(F)cc2F)C1. The summed E-state index contributed by atoms with van der Waals surface area (Å²) in [5, 5.41) is 35.3. The van der Waals surface area contributed by atoms with Crippen molar-refractivity contribution in [1.29, 1.82) is 0 Å². The van der Waals surface area contributed by atoms with Crippen LogP contribution in [0.15, 0.2) is 18.3 Å². The standard InChI is InChI=1S/C25H30F2N6O6/c1-24(2,3)39-23(34)32-8-4-5-14(12-32)29-22-16(27)9-15(26)21(30-22)17-11-28-19-10-18(38-25(35,36)37)20(13-6-7-13)31-33(17)19/h9-11,13-14,35-37H,4-8,12H2,1-3H3,(H,29,30). The molecule has 3 aromatic heterocycles. The number of halogens is 2. The Kier molecular flexibility index (Phi) is 6.81. The van der Waals surface area contributed by atoms with E-state index in [0.29, 0.717) is 25.1 Å². The molecule has 0 bridgehead atoms. The number of amides is 1. The van der Waals surface area contributed by atoms with Gasteiger partial charge in [0, 0.05) is 37.2 Å². The zero-order valence-electron chi connectivity index (χ0n) is 21.7. The van der Waals surface area contributed by atoms with E-state index in [1.165, 1.54) is 16.8 Å². The second kappa shape index (κ2) is 9.84. The number of aromatic nitrogens is 4. The molecule has 4 N–H and O–H groups in total. The second-order valence-electron chi connectivity index (χ2n) is 10.8. The number of fused-ring (bicyclic) bond motifs is 1. The molecule has 1 atom stereocenters. The molecule has 2 fully saturated rings. The maximum absolute atomic E-state index is 15.0. The first kappa shape index (κ1) is 27.0. The molecule has 12 nitrogen and oxygen atoms in total. The minimum Gasteiger partial charge on any atom is -0.444 e. The number of piperidine rings is 1. The van der Waals surface area contributed by atoms with Gasteiger partial charge in [-0.3, -0.25) is 0 Å². The monoisotopic (exact) mass is 548 g/mol. The molecule has 1 saturated heterocycles. The van der Waals surface area contributed by atoms with Gasteiger partial charge in [-0.1, -0.05) is 0 Å². The lowest BCUT2D eigenvalue weighted by Crippen LogP contribution is -2.47. The summed E-state index contributed by atoms with van der Waals surface area (Å²) in [5.41, 5.74) is -0.276. The van der Waals surface area contributed by atoms with Crippen molar-refractivity contribution in [3.8, 4) is 17.1 Å². The van der Waals surface area contributed by atoms with E-state index in [-0.39, 0.29) is 47.1 Å². The Morgan fingerprint density at radius 2 is 1.87 bits per heavy atom. The zero-order valence-corrected chi connectivity index (χ0v) is 21.7. The van der Waals surface area contributed by atoms with Crippen molar-refractivity contribution in [2.45, 2.75) is 70.2 Å². The molecule has 2 aliphatic rings. The fraction of sp³-hybridized carbons (Fsp3) is 0.520. The van der Waals surface area contributed by atoms with Crippen LogP contribution in [0.3, 0.4) is 0 Å². The van der Waals surface area contributed by atoms with E-state index in [0.717, 1.165) is 18.9 Å². The summed E-state index contributed by atoms with van der Waals surface area (Å²) in [6, 6.07) is 1.70. The molecule has 14 heteroatoms. The van der Waals surface area contributed by atoms with Crippen molar-refractivity contribution < 1.29 is 38.4 Å². The number of anilines is 1. The van der Waals surface area contributed by atoms with Crippen molar-refractivity contribution in [2.24, 2.45) is 0 Å². The molecule has 1 unspecified atom stereocenters. The maximum atomic E-state index is 15.0. The van der Waals surface area contributed by atoms with Gasteiger partial charge >= 0.3 is 12.3 Å². The second-order valence-corrected chi connectivity index (χ2v) is 10.8. The van der Waals surface area contributed by atoms with Crippen molar-refractivity contribution in [3.63, 3.8) is 0 Å². The van der Waals surface area contributed by atoms with E-state index in [1.807, 2.05) is 0 Å². The Hall–Kier alpha value is -3.62. The number of carbonyl (C=O) groups excluding carboxylic acids is 1. The molecule has 1 saturated carbocycles. The molecule has 210 valence electrons. The normalized spacial score (nSPS) is 18.4. The number of rotatable bonds is 6. The molecule has 4 heterocycles. The Labute approximate surface area is 222 Å². The zero-order chi connectivity index (χ0) is 28.1. The van der Waals surface area contributed by atoms with Crippen LogP contribution >= 0.6 is 0 Å². The van der Waals surface area contributed by atoms with Crippen LogP contribution in [0.1, 0.15) is 58.1 Å². The van der Waals surface area contributed by atoms with Crippen LogP contribution in [0.4, 0.5) is 19.4 Å². The van der Waals surface area contributed by atoms with Crippen molar-refractivity contribution in [1.82, 2.24) is 24.5 Å². The lowest BCUT2D eigenvalue weighted by atomic mass is 10.1. The van der Waals surface area contributed by atoms with Crippen LogP contribution in [0.25, 0.3) is 17.0 Å². The highest BCUT2D eigenvalue weighted by Crippen LogP contribution is 2.44. The van der Waals surface area contributed by atoms with Crippen LogP contribution in [0.5, 0.6) is 5.75 Å². The molecular weight excluding hydrogens is 518 g/mol. The summed E-state index contributed by atoms with van der Waals surface area (Å²) >= 11 is 0. The molecule has 5 rings (SSSR count). The average Bonchev–Trinajstić information content (AvgIpc) is 3.59. The van der Waals surface area contributed by atoms with Crippen LogP contribution in [-0.2, 0) is 4.74 Å². The molecule has 39 heavy (non-hydrogen) atoms. The highest BCUT2D eigenvalue weighted by molar-refractivity contribution is 5.68. The van der Waals surface area contributed by atoms with E-state index in [2.05, 4.69) is 20.4 Å². The van der Waals surface area contributed by atoms with Gasteiger partial charge in [0.15, 0.2) is 28.8 Å². The molecule has 3 aromatic rings. The predicted molar refractivity (Wildman–Crippen MR) is 133 cm³/mol. The summed E-state index contributed by atoms with van der Waals surface area (Å²) in [5.74, 6) is -2.17. The van der Waals surface area contributed by atoms with Gasteiger partial charge in [-0.15, -0.1) is 0 Å². The summed E-state index contributed by atoms with van der Waals surface area (Å²) in [4.78, 5) is 22.4. The Morgan fingerprint density at radius 1 is 1.13 bits per heavy atom. The quantitative estimate of drug-likeness (QED) is 0.338. The molecule has 1 amide bonds. The van der Waals surface area contributed by atoms with Crippen LogP contribution in [0.2, 0.25) is 0 Å². The molecule has 0 aromatic carbocycles. The Bertz CT molecular complexity index is 1400. The molecular formula is C25H30F2N6O6. The maximum Gasteiger partial charge on any atom is 0.453 e. The first-order valence-corrected chi connectivity index (χ1v) is 12.6. The first-order valence-electron chi connectivity index (χ1n) is 12.6. The number of carbonyl (C=O) groups is 1. The molecule has 1 aliphatic heterocycles. The summed E-state index contributed by atoms with van der Waals surface area (Å²) in [6.45, 7) is 6.10. The molecule has 1 aliphatic carbocycles. The average molecular weight is 549 g/mol. The highest BCUT2D eigenvalue weighted by Gasteiger charge is 2.34. The van der Waals surface area contributed by atoms with Crippen molar-refractivity contribution in [3.05, 3.63) is 35.7 Å². The van der Waals surface area contributed by atoms with E-state index in [9.17, 15) is 24.5 Å². The van der Waals surface area contributed by atoms with E-state index >= 15 is 4.39 Å². The van der Waals surface area contributed by atoms with Crippen LogP contribution < -0.4 is 10.1 Å². The predicted octanol–water partition coefficient (Wildman–Crippen LogP) is 2.73. The summed E-state index contributed by atoms with van der Waals surface area (Å²) in [6.07, 6.45) is 0.233. The van der Waals surface area contributed by atoms with Crippen molar-refractivity contribution in [2.75, 3.05) is 18.4 Å². The first-order chi connectivity index (χ1) is 18.3. The van der Waals surface area contributed by atoms with Crippen LogP contribution in [0, 0.1) is 11.6 Å². The minimum atomic E-state index is -3.41. The van der Waals surface area contributed by atoms with Gasteiger partial charge in [0.05, 0.1) is 6.20 Å². The smallest absolute Gasteiger partial charge is 0.444 e. The third-order valence-corrected chi connectivity index (χ3v) is 6.28. The van der Waals surface area contributed by atoms with E-state index in [1.54, 1.807) is 25.7 Å². The van der Waals surface area contributed by atoms with Gasteiger partial charge in [-0.2, -0.15) is 5.10 Å². The molecule has 0 radical (unpaired) electrons. The topological polar surface area (TPSA) is 155 Å². The lowest BCUT2D eigenvalue weighted by Gasteiger charge is -2.34. The number of pyridine rings is 1. The number of aliphatic hydroxyl groups is 3. The number of nitrogens with zero attached hydrogens (tertiary/aromatic N) is 5. The molecule has 0 spiro atoms. The van der Waals surface area contributed by atoms with Gasteiger partial charge in [-0.05, 0) is 46.5 Å². The highest BCUT2D eigenvalue weighted by atomic mass is 19.1. The number of imidazole rings is 1. The minimum absolute atomic E-state index is 0.0653. The largest absolute Gasteiger partial charge is 0.453 e. The van der Waals surface area contributed by atoms with Gasteiger partial charge in [0.1, 0.15) is 22.7 Å². The number of hydrogen-bond donors (Lipinski definition) is 4. The van der Waals surface area contributed by atoms with E-state index in [4.69, 9.17) is 9.47 Å². The van der Waals surface area contributed by atoms with E-state index < -0.39 is 29.5 Å². The van der Waals surface area contributed by atoms with Crippen molar-refractivity contribution >= 4 is 17.6 Å². The third-order valence-electron chi connectivity index (χ3n) is 6.28.